The standard InChI is InChI=1S/C12H10BrN/c1-2-3-7-11-12(13)9-6-4-5-8-10(9)14-11/h1,4-6,8,14H,3,7H2. The second-order valence-corrected chi connectivity index (χ2v) is 3.96. The number of nitrogens with one attached hydrogen (secondary N) is 1. The molecule has 0 aliphatic carbocycles. The van der Waals surface area contributed by atoms with Crippen molar-refractivity contribution in [3.63, 3.8) is 0 Å². The number of aromatic amines is 1. The average Bonchev–Trinajstić information content (AvgIpc) is 2.54. The van der Waals surface area contributed by atoms with E-state index in [0.717, 1.165) is 22.8 Å². The van der Waals surface area contributed by atoms with E-state index in [1.54, 1.807) is 0 Å². The van der Waals surface area contributed by atoms with Crippen LogP contribution in [0.1, 0.15) is 12.1 Å². The summed E-state index contributed by atoms with van der Waals surface area (Å²) in [5, 5.41) is 1.22. The SMILES string of the molecule is C#CCCc1[nH]c2ccccc2c1Br. The molecule has 0 spiro atoms. The zero-order valence-electron chi connectivity index (χ0n) is 7.68. The van der Waals surface area contributed by atoms with Crippen molar-refractivity contribution in [3.05, 3.63) is 34.4 Å². The maximum absolute atomic E-state index is 5.24. The molecule has 1 nitrogen and oxygen atoms in total. The lowest BCUT2D eigenvalue weighted by Crippen LogP contribution is -1.83. The van der Waals surface area contributed by atoms with Gasteiger partial charge >= 0.3 is 0 Å². The van der Waals surface area contributed by atoms with Crippen LogP contribution in [0.25, 0.3) is 10.9 Å². The molecule has 0 unspecified atom stereocenters. The van der Waals surface area contributed by atoms with E-state index >= 15 is 0 Å². The molecule has 1 N–H and O–H groups in total. The number of benzene rings is 1. The van der Waals surface area contributed by atoms with Gasteiger partial charge in [0.1, 0.15) is 0 Å². The van der Waals surface area contributed by atoms with Gasteiger partial charge in [-0.2, -0.15) is 0 Å². The van der Waals surface area contributed by atoms with Gasteiger partial charge in [0.2, 0.25) is 0 Å². The molecule has 1 heterocycles. The van der Waals surface area contributed by atoms with Crippen molar-refractivity contribution in [1.29, 1.82) is 0 Å². The van der Waals surface area contributed by atoms with Crippen molar-refractivity contribution in [2.24, 2.45) is 0 Å². The first-order chi connectivity index (χ1) is 6.83. The molecule has 2 heteroatoms. The van der Waals surface area contributed by atoms with E-state index in [9.17, 15) is 0 Å². The van der Waals surface area contributed by atoms with Crippen molar-refractivity contribution >= 4 is 26.8 Å². The number of rotatable bonds is 2. The number of fused-ring (bicyclic) bond motifs is 1. The van der Waals surface area contributed by atoms with E-state index in [4.69, 9.17) is 6.42 Å². The predicted molar refractivity (Wildman–Crippen MR) is 63.2 cm³/mol. The minimum absolute atomic E-state index is 0.769. The third kappa shape index (κ3) is 1.56. The van der Waals surface area contributed by atoms with Gasteiger partial charge in [-0.05, 0) is 28.4 Å². The Morgan fingerprint density at radius 2 is 2.14 bits per heavy atom. The minimum Gasteiger partial charge on any atom is -0.357 e. The Balaban J connectivity index is 2.47. The zero-order chi connectivity index (χ0) is 9.97. The smallest absolute Gasteiger partial charge is 0.0467 e. The number of H-pyrrole nitrogens is 1. The Kier molecular flexibility index (Phi) is 2.60. The molecular formula is C12H10BrN. The molecule has 1 aromatic carbocycles. The minimum atomic E-state index is 0.769. The summed E-state index contributed by atoms with van der Waals surface area (Å²) >= 11 is 3.58. The van der Waals surface area contributed by atoms with E-state index in [-0.39, 0.29) is 0 Å². The van der Waals surface area contributed by atoms with Crippen molar-refractivity contribution in [2.45, 2.75) is 12.8 Å². The molecule has 0 aliphatic rings. The first-order valence-corrected chi connectivity index (χ1v) is 5.31. The van der Waals surface area contributed by atoms with Crippen molar-refractivity contribution in [3.8, 4) is 12.3 Å². The highest BCUT2D eigenvalue weighted by Crippen LogP contribution is 2.28. The van der Waals surface area contributed by atoms with Crippen molar-refractivity contribution < 1.29 is 0 Å². The highest BCUT2D eigenvalue weighted by molar-refractivity contribution is 9.10. The van der Waals surface area contributed by atoms with Crippen LogP contribution < -0.4 is 0 Å². The van der Waals surface area contributed by atoms with Gasteiger partial charge in [0.15, 0.2) is 0 Å². The van der Waals surface area contributed by atoms with E-state index < -0.39 is 0 Å². The maximum atomic E-state index is 5.24. The number of para-hydroxylation sites is 1. The summed E-state index contributed by atoms with van der Waals surface area (Å²) in [7, 11) is 0. The van der Waals surface area contributed by atoms with Crippen LogP contribution in [-0.4, -0.2) is 4.98 Å². The monoisotopic (exact) mass is 247 g/mol. The highest BCUT2D eigenvalue weighted by Gasteiger charge is 2.06. The third-order valence-corrected chi connectivity index (χ3v) is 3.14. The normalized spacial score (nSPS) is 10.3. The third-order valence-electron chi connectivity index (χ3n) is 2.23. The molecule has 0 fully saturated rings. The van der Waals surface area contributed by atoms with Crippen molar-refractivity contribution in [1.82, 2.24) is 4.98 Å². The molecule has 70 valence electrons. The topological polar surface area (TPSA) is 15.8 Å². The largest absolute Gasteiger partial charge is 0.357 e. The summed E-state index contributed by atoms with van der Waals surface area (Å²) in [4.78, 5) is 3.36. The number of hydrogen-bond acceptors (Lipinski definition) is 0. The Hall–Kier alpha value is -1.20. The van der Waals surface area contributed by atoms with Crippen LogP contribution >= 0.6 is 15.9 Å². The Morgan fingerprint density at radius 3 is 2.86 bits per heavy atom. The van der Waals surface area contributed by atoms with Crippen LogP contribution in [0, 0.1) is 12.3 Å². The van der Waals surface area contributed by atoms with Crippen LogP contribution in [0.15, 0.2) is 28.7 Å². The van der Waals surface area contributed by atoms with Gasteiger partial charge in [-0.15, -0.1) is 12.3 Å². The van der Waals surface area contributed by atoms with Crippen LogP contribution in [0.2, 0.25) is 0 Å². The molecule has 0 radical (unpaired) electrons. The zero-order valence-corrected chi connectivity index (χ0v) is 9.26. The molecule has 0 aliphatic heterocycles. The fourth-order valence-electron chi connectivity index (χ4n) is 1.53. The Morgan fingerprint density at radius 1 is 1.36 bits per heavy atom. The molecule has 2 aromatic rings. The molecule has 0 saturated heterocycles. The fraction of sp³-hybridized carbons (Fsp3) is 0.167. The molecule has 2 rings (SSSR count). The van der Waals surface area contributed by atoms with E-state index in [2.05, 4.69) is 39.0 Å². The van der Waals surface area contributed by atoms with Gasteiger partial charge in [-0.25, -0.2) is 0 Å². The molecule has 0 saturated carbocycles. The highest BCUT2D eigenvalue weighted by atomic mass is 79.9. The predicted octanol–water partition coefficient (Wildman–Crippen LogP) is 3.50. The summed E-state index contributed by atoms with van der Waals surface area (Å²) < 4.78 is 1.14. The molecule has 0 atom stereocenters. The first-order valence-electron chi connectivity index (χ1n) is 4.51. The fourth-order valence-corrected chi connectivity index (χ4v) is 2.18. The molecule has 0 bridgehead atoms. The van der Waals surface area contributed by atoms with Gasteiger partial charge < -0.3 is 4.98 Å². The van der Waals surface area contributed by atoms with E-state index in [1.807, 2.05) is 12.1 Å². The quantitative estimate of drug-likeness (QED) is 0.783. The van der Waals surface area contributed by atoms with Gasteiger partial charge in [-0.1, -0.05) is 18.2 Å². The van der Waals surface area contributed by atoms with Crippen LogP contribution in [0.4, 0.5) is 0 Å². The van der Waals surface area contributed by atoms with Gasteiger partial charge in [0.25, 0.3) is 0 Å². The number of halogens is 1. The lowest BCUT2D eigenvalue weighted by molar-refractivity contribution is 0.980. The number of aromatic nitrogens is 1. The van der Waals surface area contributed by atoms with Crippen LogP contribution in [-0.2, 0) is 6.42 Å². The van der Waals surface area contributed by atoms with Gasteiger partial charge in [0.05, 0.1) is 0 Å². The lowest BCUT2D eigenvalue weighted by Gasteiger charge is -1.92. The van der Waals surface area contributed by atoms with E-state index in [0.29, 0.717) is 0 Å². The second-order valence-electron chi connectivity index (χ2n) is 3.17. The Bertz CT molecular complexity index is 490. The lowest BCUT2D eigenvalue weighted by atomic mass is 10.2. The molecule has 1 aromatic heterocycles. The molecule has 14 heavy (non-hydrogen) atoms. The van der Waals surface area contributed by atoms with Gasteiger partial charge in [-0.3, -0.25) is 0 Å². The average molecular weight is 248 g/mol. The van der Waals surface area contributed by atoms with Crippen molar-refractivity contribution in [2.75, 3.05) is 0 Å². The summed E-state index contributed by atoms with van der Waals surface area (Å²) in [5.41, 5.74) is 2.34. The first kappa shape index (κ1) is 9.36. The molecular weight excluding hydrogens is 238 g/mol. The molecule has 0 amide bonds. The van der Waals surface area contributed by atoms with Crippen LogP contribution in [0.5, 0.6) is 0 Å². The maximum Gasteiger partial charge on any atom is 0.0467 e. The van der Waals surface area contributed by atoms with Gasteiger partial charge in [0, 0.05) is 27.5 Å². The summed E-state index contributed by atoms with van der Waals surface area (Å²) in [6.07, 6.45) is 6.91. The Labute approximate surface area is 91.6 Å². The van der Waals surface area contributed by atoms with E-state index in [1.165, 1.54) is 11.1 Å². The van der Waals surface area contributed by atoms with Crippen LogP contribution in [0.3, 0.4) is 0 Å². The summed E-state index contributed by atoms with van der Waals surface area (Å²) in [6.45, 7) is 0. The summed E-state index contributed by atoms with van der Waals surface area (Å²) in [6, 6.07) is 8.22. The summed E-state index contributed by atoms with van der Waals surface area (Å²) in [5.74, 6) is 2.65. The number of terminal acetylenes is 1. The number of hydrogen-bond donors (Lipinski definition) is 1. The second kappa shape index (κ2) is 3.89. The number of aryl methyl sites for hydroxylation is 1.